The van der Waals surface area contributed by atoms with Crippen molar-refractivity contribution in [2.24, 2.45) is 5.92 Å². The molecule has 1 fully saturated rings. The molecule has 4 nitrogen and oxygen atoms in total. The number of thiophene rings is 1. The van der Waals surface area contributed by atoms with Gasteiger partial charge in [-0.15, -0.1) is 11.3 Å². The number of piperidine rings is 1. The van der Waals surface area contributed by atoms with Crippen LogP contribution in [-0.2, 0) is 10.0 Å². The van der Waals surface area contributed by atoms with Crippen molar-refractivity contribution in [1.29, 1.82) is 0 Å². The van der Waals surface area contributed by atoms with Gasteiger partial charge in [0.1, 0.15) is 4.21 Å². The predicted octanol–water partition coefficient (Wildman–Crippen LogP) is 2.13. The zero-order valence-corrected chi connectivity index (χ0v) is 13.6. The van der Waals surface area contributed by atoms with Crippen molar-refractivity contribution in [3.63, 3.8) is 0 Å². The molecule has 1 aromatic rings. The van der Waals surface area contributed by atoms with Gasteiger partial charge in [-0.1, -0.05) is 6.92 Å². The van der Waals surface area contributed by atoms with E-state index in [9.17, 15) is 8.42 Å². The largest absolute Gasteiger partial charge is 0.306 e. The molecule has 1 aliphatic heterocycles. The molecule has 1 saturated heterocycles. The van der Waals surface area contributed by atoms with Crippen molar-refractivity contribution in [3.8, 4) is 0 Å². The molecule has 0 radical (unpaired) electrons. The van der Waals surface area contributed by atoms with Crippen molar-refractivity contribution >= 4 is 37.3 Å². The van der Waals surface area contributed by atoms with Gasteiger partial charge in [0.25, 0.3) is 0 Å². The molecule has 1 N–H and O–H groups in total. The predicted molar refractivity (Wildman–Crippen MR) is 77.4 cm³/mol. The van der Waals surface area contributed by atoms with Crippen LogP contribution in [0.5, 0.6) is 0 Å². The molecule has 2 atom stereocenters. The molecule has 1 aromatic heterocycles. The monoisotopic (exact) mass is 352 g/mol. The highest BCUT2D eigenvalue weighted by molar-refractivity contribution is 9.11. The summed E-state index contributed by atoms with van der Waals surface area (Å²) >= 11 is 4.53. The first-order valence-corrected chi connectivity index (χ1v) is 8.94. The Morgan fingerprint density at radius 1 is 1.50 bits per heavy atom. The molecule has 0 aliphatic carbocycles. The summed E-state index contributed by atoms with van der Waals surface area (Å²) in [6.07, 6.45) is 0.865. The minimum Gasteiger partial charge on any atom is -0.306 e. The Morgan fingerprint density at radius 2 is 2.22 bits per heavy atom. The second-order valence-electron chi connectivity index (χ2n) is 4.81. The maximum Gasteiger partial charge on any atom is 0.250 e. The van der Waals surface area contributed by atoms with Gasteiger partial charge in [0.05, 0.1) is 3.79 Å². The standard InChI is InChI=1S/C11H17BrN2O2S2/c1-8-7-14(2)6-5-9(8)13-18(15,16)11-4-3-10(12)17-11/h3-4,8-9,13H,5-7H2,1-2H3. The van der Waals surface area contributed by atoms with Crippen LogP contribution in [0.4, 0.5) is 0 Å². The average Bonchev–Trinajstić information content (AvgIpc) is 2.70. The van der Waals surface area contributed by atoms with Gasteiger partial charge in [0.15, 0.2) is 0 Å². The SMILES string of the molecule is CC1CN(C)CCC1NS(=O)(=O)c1ccc(Br)s1. The Hall–Kier alpha value is 0.0500. The summed E-state index contributed by atoms with van der Waals surface area (Å²) in [5, 5.41) is 0. The fourth-order valence-corrected chi connectivity index (χ4v) is 5.63. The van der Waals surface area contributed by atoms with Gasteiger partial charge in [0.2, 0.25) is 10.0 Å². The van der Waals surface area contributed by atoms with E-state index in [1.807, 2.05) is 0 Å². The normalized spacial score (nSPS) is 26.4. The molecule has 2 rings (SSSR count). The highest BCUT2D eigenvalue weighted by Crippen LogP contribution is 2.27. The van der Waals surface area contributed by atoms with Crippen molar-refractivity contribution in [2.45, 2.75) is 23.6 Å². The highest BCUT2D eigenvalue weighted by Gasteiger charge is 2.29. The Bertz CT molecular complexity index is 515. The second kappa shape index (κ2) is 5.58. The van der Waals surface area contributed by atoms with Crippen LogP contribution >= 0.6 is 27.3 Å². The van der Waals surface area contributed by atoms with E-state index in [0.717, 1.165) is 23.3 Å². The van der Waals surface area contributed by atoms with E-state index in [1.54, 1.807) is 12.1 Å². The Labute approximate surface area is 121 Å². The van der Waals surface area contributed by atoms with Crippen LogP contribution in [0.3, 0.4) is 0 Å². The zero-order chi connectivity index (χ0) is 13.3. The number of nitrogens with one attached hydrogen (secondary N) is 1. The molecule has 1 aliphatic rings. The molecule has 0 amide bonds. The summed E-state index contributed by atoms with van der Waals surface area (Å²) in [6.45, 7) is 3.96. The van der Waals surface area contributed by atoms with Gasteiger partial charge in [-0.3, -0.25) is 0 Å². The van der Waals surface area contributed by atoms with Crippen LogP contribution in [0.15, 0.2) is 20.1 Å². The molecule has 7 heteroatoms. The van der Waals surface area contributed by atoms with Crippen LogP contribution in [0.2, 0.25) is 0 Å². The fraction of sp³-hybridized carbons (Fsp3) is 0.636. The number of nitrogens with zero attached hydrogens (tertiary/aromatic N) is 1. The number of hydrogen-bond donors (Lipinski definition) is 1. The minimum atomic E-state index is -3.37. The summed E-state index contributed by atoms with van der Waals surface area (Å²) in [4.78, 5) is 2.23. The van der Waals surface area contributed by atoms with Gasteiger partial charge in [-0.05, 0) is 54.0 Å². The van der Waals surface area contributed by atoms with E-state index in [1.165, 1.54) is 11.3 Å². The van der Waals surface area contributed by atoms with Gasteiger partial charge in [-0.25, -0.2) is 13.1 Å². The number of hydrogen-bond acceptors (Lipinski definition) is 4. The molecular weight excluding hydrogens is 336 g/mol. The lowest BCUT2D eigenvalue weighted by molar-refractivity contribution is 0.188. The molecule has 0 spiro atoms. The van der Waals surface area contributed by atoms with Gasteiger partial charge in [-0.2, -0.15) is 0 Å². The first-order chi connectivity index (χ1) is 8.38. The highest BCUT2D eigenvalue weighted by atomic mass is 79.9. The average molecular weight is 353 g/mol. The van der Waals surface area contributed by atoms with E-state index in [0.29, 0.717) is 10.1 Å². The third kappa shape index (κ3) is 3.33. The molecule has 0 bridgehead atoms. The van der Waals surface area contributed by atoms with Crippen LogP contribution in [0.1, 0.15) is 13.3 Å². The Kier molecular flexibility index (Phi) is 4.48. The van der Waals surface area contributed by atoms with Crippen molar-refractivity contribution in [1.82, 2.24) is 9.62 Å². The molecule has 2 heterocycles. The first-order valence-electron chi connectivity index (χ1n) is 5.85. The minimum absolute atomic E-state index is 0.0343. The molecular formula is C11H17BrN2O2S2. The zero-order valence-electron chi connectivity index (χ0n) is 10.4. The van der Waals surface area contributed by atoms with E-state index < -0.39 is 10.0 Å². The number of sulfonamides is 1. The summed E-state index contributed by atoms with van der Waals surface area (Å²) in [5.74, 6) is 0.335. The van der Waals surface area contributed by atoms with Crippen molar-refractivity contribution in [3.05, 3.63) is 15.9 Å². The first kappa shape index (κ1) is 14.5. The van der Waals surface area contributed by atoms with E-state index >= 15 is 0 Å². The summed E-state index contributed by atoms with van der Waals surface area (Å²) in [7, 11) is -1.30. The molecule has 0 aromatic carbocycles. The lowest BCUT2D eigenvalue weighted by Crippen LogP contribution is -2.48. The van der Waals surface area contributed by atoms with Crippen LogP contribution in [-0.4, -0.2) is 39.5 Å². The van der Waals surface area contributed by atoms with Gasteiger partial charge >= 0.3 is 0 Å². The third-order valence-electron chi connectivity index (χ3n) is 3.23. The maximum absolute atomic E-state index is 12.2. The molecule has 0 saturated carbocycles. The topological polar surface area (TPSA) is 49.4 Å². The smallest absolute Gasteiger partial charge is 0.250 e. The Morgan fingerprint density at radius 3 is 2.78 bits per heavy atom. The van der Waals surface area contributed by atoms with Crippen molar-refractivity contribution < 1.29 is 8.42 Å². The molecule has 18 heavy (non-hydrogen) atoms. The number of likely N-dealkylation sites (tertiary alicyclic amines) is 1. The van der Waals surface area contributed by atoms with E-state index in [4.69, 9.17) is 0 Å². The molecule has 102 valence electrons. The Balaban J connectivity index is 2.09. The molecule has 2 unspecified atom stereocenters. The van der Waals surface area contributed by atoms with Gasteiger partial charge < -0.3 is 4.90 Å². The van der Waals surface area contributed by atoms with E-state index in [2.05, 4.69) is 39.5 Å². The summed E-state index contributed by atoms with van der Waals surface area (Å²) in [5.41, 5.74) is 0. The van der Waals surface area contributed by atoms with Crippen molar-refractivity contribution in [2.75, 3.05) is 20.1 Å². The number of rotatable bonds is 3. The van der Waals surface area contributed by atoms with Crippen LogP contribution < -0.4 is 4.72 Å². The summed E-state index contributed by atoms with van der Waals surface area (Å²) < 4.78 is 28.4. The maximum atomic E-state index is 12.2. The second-order valence-corrected chi connectivity index (χ2v) is 9.22. The van der Waals surface area contributed by atoms with E-state index in [-0.39, 0.29) is 6.04 Å². The summed E-state index contributed by atoms with van der Waals surface area (Å²) in [6, 6.07) is 3.43. The lowest BCUT2D eigenvalue weighted by Gasteiger charge is -2.34. The number of halogens is 1. The third-order valence-corrected chi connectivity index (χ3v) is 6.83. The van der Waals surface area contributed by atoms with Gasteiger partial charge in [0, 0.05) is 12.6 Å². The van der Waals surface area contributed by atoms with Crippen LogP contribution in [0.25, 0.3) is 0 Å². The van der Waals surface area contributed by atoms with Crippen LogP contribution in [0, 0.1) is 5.92 Å². The lowest BCUT2D eigenvalue weighted by atomic mass is 9.95. The quantitative estimate of drug-likeness (QED) is 0.906. The fourth-order valence-electron chi connectivity index (χ4n) is 2.23.